The molecule has 27 heavy (non-hydrogen) atoms. The Morgan fingerprint density at radius 2 is 1.59 bits per heavy atom. The standard InChI is InChI=1S/C21H17NO2S3/c23-14-12-19(26-20(13-14)22-8-10-24-11-9-22)15-4-3-7-18-21(15)27-17-6-2-1-5-16(17)25-18/h1-7,12-13H,8-11H2. The fourth-order valence-electron chi connectivity index (χ4n) is 3.28. The molecule has 0 N–H and O–H groups in total. The van der Waals surface area contributed by atoms with Crippen molar-refractivity contribution in [3.63, 3.8) is 0 Å². The number of morpholine rings is 1. The number of ether oxygens (including phenoxy) is 1. The summed E-state index contributed by atoms with van der Waals surface area (Å²) >= 11 is 5.31. The van der Waals surface area contributed by atoms with Gasteiger partial charge in [-0.3, -0.25) is 4.79 Å². The maximum Gasteiger partial charge on any atom is 0.182 e. The zero-order valence-electron chi connectivity index (χ0n) is 14.5. The Hall–Kier alpha value is -1.73. The van der Waals surface area contributed by atoms with E-state index in [-0.39, 0.29) is 5.43 Å². The van der Waals surface area contributed by atoms with Gasteiger partial charge in [0.15, 0.2) is 5.43 Å². The van der Waals surface area contributed by atoms with E-state index < -0.39 is 0 Å². The molecule has 3 nitrogen and oxygen atoms in total. The highest BCUT2D eigenvalue weighted by Gasteiger charge is 2.21. The number of hydrogen-bond donors (Lipinski definition) is 0. The molecule has 0 spiro atoms. The molecule has 0 radical (unpaired) electrons. The normalized spacial score (nSPS) is 15.9. The van der Waals surface area contributed by atoms with Crippen LogP contribution in [0.5, 0.6) is 0 Å². The molecule has 0 atom stereocenters. The number of rotatable bonds is 2. The molecule has 1 fully saturated rings. The quantitative estimate of drug-likeness (QED) is 0.451. The van der Waals surface area contributed by atoms with Crippen LogP contribution in [0.15, 0.2) is 79.0 Å². The van der Waals surface area contributed by atoms with Crippen molar-refractivity contribution in [1.29, 1.82) is 0 Å². The van der Waals surface area contributed by atoms with E-state index in [1.165, 1.54) is 19.6 Å². The Bertz CT molecular complexity index is 1060. The van der Waals surface area contributed by atoms with Gasteiger partial charge in [-0.25, -0.2) is 0 Å². The highest BCUT2D eigenvalue weighted by atomic mass is 32.2. The average Bonchev–Trinajstić information content (AvgIpc) is 2.72. The summed E-state index contributed by atoms with van der Waals surface area (Å²) in [6.07, 6.45) is 0. The molecular formula is C21H17NO2S3. The molecule has 3 heterocycles. The molecule has 2 aromatic carbocycles. The molecule has 6 heteroatoms. The van der Waals surface area contributed by atoms with Gasteiger partial charge in [-0.15, -0.1) is 11.3 Å². The predicted octanol–water partition coefficient (Wildman–Crippen LogP) is 5.23. The molecule has 0 bridgehead atoms. The summed E-state index contributed by atoms with van der Waals surface area (Å²) in [5.41, 5.74) is 1.22. The lowest BCUT2D eigenvalue weighted by atomic mass is 10.2. The summed E-state index contributed by atoms with van der Waals surface area (Å²) in [5, 5.41) is 1.03. The highest BCUT2D eigenvalue weighted by molar-refractivity contribution is 8.05. The van der Waals surface area contributed by atoms with Crippen LogP contribution >= 0.6 is 34.9 Å². The Balaban J connectivity index is 1.58. The number of benzene rings is 2. The molecule has 1 aromatic heterocycles. The smallest absolute Gasteiger partial charge is 0.182 e. The molecule has 1 saturated heterocycles. The molecular weight excluding hydrogens is 394 g/mol. The molecule has 136 valence electrons. The predicted molar refractivity (Wildman–Crippen MR) is 114 cm³/mol. The van der Waals surface area contributed by atoms with Crippen LogP contribution in [0, 0.1) is 0 Å². The zero-order valence-corrected chi connectivity index (χ0v) is 17.0. The van der Waals surface area contributed by atoms with Gasteiger partial charge >= 0.3 is 0 Å². The van der Waals surface area contributed by atoms with E-state index in [4.69, 9.17) is 4.74 Å². The van der Waals surface area contributed by atoms with Gasteiger partial charge in [0.2, 0.25) is 0 Å². The van der Waals surface area contributed by atoms with Crippen molar-refractivity contribution < 1.29 is 4.74 Å². The van der Waals surface area contributed by atoms with Gasteiger partial charge in [0, 0.05) is 55.2 Å². The summed E-state index contributed by atoms with van der Waals surface area (Å²) in [6, 6.07) is 18.4. The second kappa shape index (κ2) is 7.36. The van der Waals surface area contributed by atoms with E-state index in [0.29, 0.717) is 0 Å². The van der Waals surface area contributed by atoms with E-state index >= 15 is 0 Å². The fourth-order valence-corrected chi connectivity index (χ4v) is 6.90. The number of hydrogen-bond acceptors (Lipinski definition) is 6. The lowest BCUT2D eigenvalue weighted by Gasteiger charge is -2.28. The van der Waals surface area contributed by atoms with E-state index in [1.54, 1.807) is 47.0 Å². The molecule has 2 aliphatic heterocycles. The molecule has 0 aliphatic carbocycles. The van der Waals surface area contributed by atoms with Crippen molar-refractivity contribution in [2.24, 2.45) is 0 Å². The van der Waals surface area contributed by atoms with E-state index in [9.17, 15) is 4.79 Å². The van der Waals surface area contributed by atoms with Gasteiger partial charge < -0.3 is 9.64 Å². The third kappa shape index (κ3) is 3.43. The van der Waals surface area contributed by atoms with Crippen molar-refractivity contribution in [1.82, 2.24) is 0 Å². The lowest BCUT2D eigenvalue weighted by Crippen LogP contribution is -2.36. The van der Waals surface area contributed by atoms with Crippen LogP contribution in [0.1, 0.15) is 0 Å². The van der Waals surface area contributed by atoms with Crippen molar-refractivity contribution in [2.75, 3.05) is 31.2 Å². The first-order valence-electron chi connectivity index (χ1n) is 8.84. The maximum atomic E-state index is 12.4. The van der Waals surface area contributed by atoms with Gasteiger partial charge in [-0.05, 0) is 18.2 Å². The first-order valence-corrected chi connectivity index (χ1v) is 11.3. The average molecular weight is 412 g/mol. The van der Waals surface area contributed by atoms with Crippen LogP contribution in [0.4, 0.5) is 5.00 Å². The summed E-state index contributed by atoms with van der Waals surface area (Å²) in [5.74, 6) is 0. The third-order valence-corrected chi connectivity index (χ3v) is 8.36. The third-order valence-electron chi connectivity index (χ3n) is 4.60. The molecule has 0 amide bonds. The van der Waals surface area contributed by atoms with E-state index in [1.807, 2.05) is 0 Å². The van der Waals surface area contributed by atoms with E-state index in [2.05, 4.69) is 47.4 Å². The van der Waals surface area contributed by atoms with Crippen LogP contribution in [0.2, 0.25) is 0 Å². The number of anilines is 1. The highest BCUT2D eigenvalue weighted by Crippen LogP contribution is 2.52. The van der Waals surface area contributed by atoms with Gasteiger partial charge in [-0.1, -0.05) is 47.8 Å². The van der Waals surface area contributed by atoms with Crippen molar-refractivity contribution in [3.05, 3.63) is 64.8 Å². The number of nitrogens with zero attached hydrogens (tertiary/aromatic N) is 1. The molecule has 5 rings (SSSR count). The summed E-state index contributed by atoms with van der Waals surface area (Å²) in [4.78, 5) is 20.8. The Morgan fingerprint density at radius 3 is 2.41 bits per heavy atom. The van der Waals surface area contributed by atoms with Crippen LogP contribution in [0.3, 0.4) is 0 Å². The van der Waals surface area contributed by atoms with Crippen molar-refractivity contribution >= 4 is 39.9 Å². The topological polar surface area (TPSA) is 29.5 Å². The van der Waals surface area contributed by atoms with Gasteiger partial charge in [0.1, 0.15) is 0 Å². The van der Waals surface area contributed by atoms with Crippen LogP contribution in [-0.2, 0) is 4.74 Å². The number of fused-ring (bicyclic) bond motifs is 2. The first kappa shape index (κ1) is 17.4. The monoisotopic (exact) mass is 411 g/mol. The minimum absolute atomic E-state index is 0.0664. The van der Waals surface area contributed by atoms with Crippen LogP contribution in [0.25, 0.3) is 10.4 Å². The van der Waals surface area contributed by atoms with Crippen molar-refractivity contribution in [3.8, 4) is 10.4 Å². The van der Waals surface area contributed by atoms with Gasteiger partial charge in [0.05, 0.1) is 18.2 Å². The fraction of sp³-hybridized carbons (Fsp3) is 0.190. The summed E-state index contributed by atoms with van der Waals surface area (Å²) in [7, 11) is 0. The second-order valence-electron chi connectivity index (χ2n) is 6.38. The summed E-state index contributed by atoms with van der Waals surface area (Å²) < 4.78 is 5.45. The molecule has 0 saturated carbocycles. The van der Waals surface area contributed by atoms with Gasteiger partial charge in [-0.2, -0.15) is 0 Å². The minimum Gasteiger partial charge on any atom is -0.378 e. The van der Waals surface area contributed by atoms with E-state index in [0.717, 1.165) is 41.7 Å². The summed E-state index contributed by atoms with van der Waals surface area (Å²) in [6.45, 7) is 3.11. The first-order chi connectivity index (χ1) is 13.3. The minimum atomic E-state index is 0.0664. The Labute approximate surface area is 170 Å². The molecule has 0 unspecified atom stereocenters. The Kier molecular flexibility index (Phi) is 4.73. The largest absolute Gasteiger partial charge is 0.378 e. The zero-order chi connectivity index (χ0) is 18.2. The lowest BCUT2D eigenvalue weighted by molar-refractivity contribution is 0.123. The second-order valence-corrected chi connectivity index (χ2v) is 9.58. The molecule has 3 aromatic rings. The Morgan fingerprint density at radius 1 is 0.852 bits per heavy atom. The van der Waals surface area contributed by atoms with Crippen LogP contribution < -0.4 is 10.3 Å². The van der Waals surface area contributed by atoms with Crippen molar-refractivity contribution in [2.45, 2.75) is 19.6 Å². The SMILES string of the molecule is O=c1cc(-c2cccc3c2Sc2ccccc2S3)sc(N2CCOCC2)c1. The molecule has 2 aliphatic rings. The maximum absolute atomic E-state index is 12.4. The van der Waals surface area contributed by atoms with Crippen LogP contribution in [-0.4, -0.2) is 26.3 Å². The van der Waals surface area contributed by atoms with Gasteiger partial charge in [0.25, 0.3) is 0 Å².